The van der Waals surface area contributed by atoms with E-state index in [1.165, 1.54) is 0 Å². The molecule has 0 bridgehead atoms. The van der Waals surface area contributed by atoms with Gasteiger partial charge < -0.3 is 9.84 Å². The molecule has 0 aromatic heterocycles. The van der Waals surface area contributed by atoms with E-state index in [-0.39, 0.29) is 0 Å². The molecule has 2 aromatic carbocycles. The van der Waals surface area contributed by atoms with Crippen LogP contribution in [0.15, 0.2) is 60.7 Å². The highest BCUT2D eigenvalue weighted by atomic mass is 16.6. The summed E-state index contributed by atoms with van der Waals surface area (Å²) in [4.78, 5) is 22.5. The van der Waals surface area contributed by atoms with E-state index in [4.69, 9.17) is 9.84 Å². The van der Waals surface area contributed by atoms with E-state index in [9.17, 15) is 9.59 Å². The summed E-state index contributed by atoms with van der Waals surface area (Å²) < 4.78 is 5.50. The van der Waals surface area contributed by atoms with Crippen molar-refractivity contribution in [2.24, 2.45) is 0 Å². The zero-order valence-electron chi connectivity index (χ0n) is 11.7. The zero-order chi connectivity index (χ0) is 15.3. The van der Waals surface area contributed by atoms with Crippen LogP contribution in [0.5, 0.6) is 0 Å². The molecule has 4 nitrogen and oxygen atoms in total. The van der Waals surface area contributed by atoms with E-state index in [0.29, 0.717) is 0 Å². The van der Waals surface area contributed by atoms with Crippen LogP contribution in [0, 0.1) is 0 Å². The second-order valence-electron chi connectivity index (χ2n) is 4.81. The van der Waals surface area contributed by atoms with Crippen LogP contribution in [0.3, 0.4) is 0 Å². The van der Waals surface area contributed by atoms with Gasteiger partial charge in [0.25, 0.3) is 0 Å². The van der Waals surface area contributed by atoms with Gasteiger partial charge in [0.2, 0.25) is 0 Å². The second kappa shape index (κ2) is 6.22. The van der Waals surface area contributed by atoms with Crippen molar-refractivity contribution in [3.8, 4) is 0 Å². The second-order valence-corrected chi connectivity index (χ2v) is 4.81. The molecular formula is C17H16O4. The van der Waals surface area contributed by atoms with E-state index in [0.717, 1.165) is 11.1 Å². The van der Waals surface area contributed by atoms with Crippen LogP contribution < -0.4 is 0 Å². The third-order valence-electron chi connectivity index (χ3n) is 3.26. The minimum Gasteiger partial charge on any atom is -0.481 e. The van der Waals surface area contributed by atoms with Crippen LogP contribution in [0.25, 0.3) is 0 Å². The molecule has 0 aliphatic carbocycles. The molecule has 0 aliphatic heterocycles. The van der Waals surface area contributed by atoms with Crippen molar-refractivity contribution in [2.45, 2.75) is 18.9 Å². The Balaban J connectivity index is 2.40. The van der Waals surface area contributed by atoms with E-state index in [2.05, 4.69) is 0 Å². The maximum absolute atomic E-state index is 11.8. The Kier molecular flexibility index (Phi) is 4.38. The topological polar surface area (TPSA) is 63.6 Å². The molecule has 4 heteroatoms. The van der Waals surface area contributed by atoms with Crippen molar-refractivity contribution in [1.82, 2.24) is 0 Å². The lowest BCUT2D eigenvalue weighted by molar-refractivity contribution is -0.160. The Bertz CT molecular complexity index is 580. The maximum atomic E-state index is 11.8. The molecule has 0 radical (unpaired) electrons. The minimum atomic E-state index is -1.21. The molecule has 2 aromatic rings. The summed E-state index contributed by atoms with van der Waals surface area (Å²) in [7, 11) is 0. The number of carbonyl (C=O) groups is 2. The van der Waals surface area contributed by atoms with Crippen LogP contribution >= 0.6 is 0 Å². The molecule has 2 rings (SSSR count). The predicted octanol–water partition coefficient (Wildman–Crippen LogP) is 2.97. The molecule has 108 valence electrons. The number of hydrogen-bond acceptors (Lipinski definition) is 3. The molecule has 0 fully saturated rings. The molecule has 0 atom stereocenters. The number of ether oxygens (including phenoxy) is 1. The number of rotatable bonds is 5. The molecule has 0 spiro atoms. The van der Waals surface area contributed by atoms with Crippen LogP contribution in [0.2, 0.25) is 0 Å². The average molecular weight is 284 g/mol. The number of hydrogen-bond donors (Lipinski definition) is 1. The van der Waals surface area contributed by atoms with Crippen LogP contribution in [-0.2, 0) is 19.9 Å². The van der Waals surface area contributed by atoms with Crippen molar-refractivity contribution in [3.05, 3.63) is 71.8 Å². The summed E-state index contributed by atoms with van der Waals surface area (Å²) in [5, 5.41) is 8.72. The summed E-state index contributed by atoms with van der Waals surface area (Å²) in [6.45, 7) is 1.76. The van der Waals surface area contributed by atoms with Crippen molar-refractivity contribution in [3.63, 3.8) is 0 Å². The highest BCUT2D eigenvalue weighted by molar-refractivity contribution is 5.90. The molecule has 0 saturated carbocycles. The van der Waals surface area contributed by atoms with Crippen LogP contribution in [0.4, 0.5) is 0 Å². The normalized spacial score (nSPS) is 10.9. The van der Waals surface area contributed by atoms with Gasteiger partial charge in [-0.1, -0.05) is 60.7 Å². The number of carboxylic acids is 1. The Morgan fingerprint density at radius 3 is 1.76 bits per heavy atom. The van der Waals surface area contributed by atoms with E-state index < -0.39 is 24.0 Å². The number of esters is 1. The first-order valence-electron chi connectivity index (χ1n) is 6.57. The van der Waals surface area contributed by atoms with E-state index in [1.54, 1.807) is 6.92 Å². The largest absolute Gasteiger partial charge is 0.481 e. The number of benzene rings is 2. The molecule has 1 N–H and O–H groups in total. The van der Waals surface area contributed by atoms with E-state index in [1.807, 2.05) is 60.7 Å². The summed E-state index contributed by atoms with van der Waals surface area (Å²) in [6.07, 6.45) is -0.657. The standard InChI is InChI=1S/C17H16O4/c1-17(13-8-4-2-5-9-13,14-10-6-3-7-11-14)21-16(20)12-15(18)19/h2-11H,12H2,1H3,(H,18,19). The number of aliphatic carboxylic acids is 1. The Morgan fingerprint density at radius 2 is 1.38 bits per heavy atom. The number of carboxylic acid groups (broad SMARTS) is 1. The summed E-state index contributed by atoms with van der Waals surface area (Å²) in [5.74, 6) is -1.97. The quantitative estimate of drug-likeness (QED) is 0.677. The Labute approximate surface area is 123 Å². The molecule has 0 aliphatic rings. The van der Waals surface area contributed by atoms with Gasteiger partial charge in [0.1, 0.15) is 6.42 Å². The van der Waals surface area contributed by atoms with Gasteiger partial charge in [-0.2, -0.15) is 0 Å². The first kappa shape index (κ1) is 14.8. The van der Waals surface area contributed by atoms with Gasteiger partial charge in [0.05, 0.1) is 0 Å². The zero-order valence-corrected chi connectivity index (χ0v) is 11.7. The maximum Gasteiger partial charge on any atom is 0.318 e. The lowest BCUT2D eigenvalue weighted by atomic mass is 9.88. The Morgan fingerprint density at radius 1 is 0.952 bits per heavy atom. The van der Waals surface area contributed by atoms with Gasteiger partial charge in [-0.15, -0.1) is 0 Å². The lowest BCUT2D eigenvalue weighted by Gasteiger charge is -2.30. The summed E-state index contributed by atoms with van der Waals surface area (Å²) in [5.41, 5.74) is 0.555. The third-order valence-corrected chi connectivity index (χ3v) is 3.26. The van der Waals surface area contributed by atoms with Gasteiger partial charge in [-0.25, -0.2) is 0 Å². The molecule has 0 unspecified atom stereocenters. The monoisotopic (exact) mass is 284 g/mol. The van der Waals surface area contributed by atoms with Gasteiger partial charge in [-0.3, -0.25) is 9.59 Å². The van der Waals surface area contributed by atoms with Gasteiger partial charge >= 0.3 is 11.9 Å². The fourth-order valence-electron chi connectivity index (χ4n) is 2.18. The third kappa shape index (κ3) is 3.48. The van der Waals surface area contributed by atoms with Gasteiger partial charge in [0.15, 0.2) is 5.60 Å². The van der Waals surface area contributed by atoms with Crippen LogP contribution in [-0.4, -0.2) is 17.0 Å². The van der Waals surface area contributed by atoms with Crippen molar-refractivity contribution in [2.75, 3.05) is 0 Å². The van der Waals surface area contributed by atoms with Crippen molar-refractivity contribution >= 4 is 11.9 Å². The summed E-state index contributed by atoms with van der Waals surface area (Å²) >= 11 is 0. The number of carbonyl (C=O) groups excluding carboxylic acids is 1. The van der Waals surface area contributed by atoms with E-state index >= 15 is 0 Å². The minimum absolute atomic E-state index is 0.657. The fraction of sp³-hybridized carbons (Fsp3) is 0.176. The highest BCUT2D eigenvalue weighted by Crippen LogP contribution is 2.33. The van der Waals surface area contributed by atoms with Gasteiger partial charge in [-0.05, 0) is 18.1 Å². The molecule has 0 amide bonds. The SMILES string of the molecule is CC(OC(=O)CC(=O)O)(c1ccccc1)c1ccccc1. The average Bonchev–Trinajstić information content (AvgIpc) is 2.48. The smallest absolute Gasteiger partial charge is 0.318 e. The lowest BCUT2D eigenvalue weighted by Crippen LogP contribution is -2.31. The van der Waals surface area contributed by atoms with Crippen molar-refractivity contribution in [1.29, 1.82) is 0 Å². The van der Waals surface area contributed by atoms with Crippen LogP contribution in [0.1, 0.15) is 24.5 Å². The highest BCUT2D eigenvalue weighted by Gasteiger charge is 2.33. The molecule has 21 heavy (non-hydrogen) atoms. The predicted molar refractivity (Wildman–Crippen MR) is 77.7 cm³/mol. The molecule has 0 heterocycles. The molecular weight excluding hydrogens is 268 g/mol. The van der Waals surface area contributed by atoms with Gasteiger partial charge in [0, 0.05) is 0 Å². The first-order chi connectivity index (χ1) is 10.0. The fourth-order valence-corrected chi connectivity index (χ4v) is 2.18. The molecule has 0 saturated heterocycles. The van der Waals surface area contributed by atoms with Crippen molar-refractivity contribution < 1.29 is 19.4 Å². The first-order valence-corrected chi connectivity index (χ1v) is 6.57. The Hall–Kier alpha value is -2.62. The summed E-state index contributed by atoms with van der Waals surface area (Å²) in [6, 6.07) is 18.5.